The van der Waals surface area contributed by atoms with Crippen molar-refractivity contribution in [2.45, 2.75) is 44.6 Å². The van der Waals surface area contributed by atoms with E-state index in [9.17, 15) is 18.4 Å². The summed E-state index contributed by atoms with van der Waals surface area (Å²) >= 11 is 0. The molecule has 1 aromatic carbocycles. The number of hydrogen-bond donors (Lipinski definition) is 2. The van der Waals surface area contributed by atoms with Crippen LogP contribution in [0.2, 0.25) is 0 Å². The van der Waals surface area contributed by atoms with E-state index in [1.807, 2.05) is 0 Å². The molecule has 2 rings (SSSR count). The van der Waals surface area contributed by atoms with Crippen molar-refractivity contribution in [1.29, 1.82) is 0 Å². The van der Waals surface area contributed by atoms with Gasteiger partial charge in [-0.05, 0) is 37.3 Å². The van der Waals surface area contributed by atoms with Crippen LogP contribution in [0.3, 0.4) is 0 Å². The maximum absolute atomic E-state index is 13.7. The summed E-state index contributed by atoms with van der Waals surface area (Å²) in [6.45, 7) is 1.32. The molecule has 0 bridgehead atoms. The molecular weight excluding hydrogens is 364 g/mol. The van der Waals surface area contributed by atoms with Gasteiger partial charge in [0.15, 0.2) is 11.6 Å². The van der Waals surface area contributed by atoms with Gasteiger partial charge in [0, 0.05) is 38.5 Å². The number of nitrogens with zero attached hydrogens (tertiary/aromatic N) is 1. The first-order chi connectivity index (χ1) is 12.0. The first-order valence-corrected chi connectivity index (χ1v) is 8.72. The van der Waals surface area contributed by atoms with Crippen LogP contribution in [0.15, 0.2) is 18.2 Å². The third-order valence-corrected chi connectivity index (χ3v) is 4.49. The number of piperidine rings is 1. The van der Waals surface area contributed by atoms with E-state index in [1.54, 1.807) is 4.90 Å². The van der Waals surface area contributed by atoms with Crippen molar-refractivity contribution >= 4 is 24.2 Å². The summed E-state index contributed by atoms with van der Waals surface area (Å²) in [5.41, 5.74) is 5.56. The molecule has 1 aromatic rings. The van der Waals surface area contributed by atoms with Gasteiger partial charge in [0.25, 0.3) is 0 Å². The molecule has 5 nitrogen and oxygen atoms in total. The average molecular weight is 390 g/mol. The third-order valence-electron chi connectivity index (χ3n) is 4.49. The van der Waals surface area contributed by atoms with Crippen LogP contribution in [0.1, 0.15) is 37.7 Å². The Morgan fingerprint density at radius 3 is 2.73 bits per heavy atom. The Kier molecular flexibility index (Phi) is 9.51. The van der Waals surface area contributed by atoms with E-state index in [2.05, 4.69) is 5.32 Å². The SMILES string of the molecule is Cl.NCCC(=O)NCC1CCCCN1C(=O)CCc1cccc(F)c1F. The maximum Gasteiger partial charge on any atom is 0.223 e. The molecular formula is C18H26ClF2N3O2. The van der Waals surface area contributed by atoms with E-state index in [0.717, 1.165) is 25.3 Å². The molecule has 1 aliphatic rings. The van der Waals surface area contributed by atoms with Crippen LogP contribution in [0, 0.1) is 11.6 Å². The van der Waals surface area contributed by atoms with Crippen molar-refractivity contribution in [2.75, 3.05) is 19.6 Å². The number of carbonyl (C=O) groups excluding carboxylic acids is 2. The number of benzene rings is 1. The van der Waals surface area contributed by atoms with Gasteiger partial charge < -0.3 is 16.0 Å². The Balaban J connectivity index is 0.00000338. The van der Waals surface area contributed by atoms with Gasteiger partial charge in [-0.3, -0.25) is 9.59 Å². The molecule has 1 unspecified atom stereocenters. The average Bonchev–Trinajstić information content (AvgIpc) is 2.61. The molecule has 0 spiro atoms. The highest BCUT2D eigenvalue weighted by molar-refractivity contribution is 5.85. The highest BCUT2D eigenvalue weighted by Crippen LogP contribution is 2.19. The van der Waals surface area contributed by atoms with E-state index in [1.165, 1.54) is 12.1 Å². The zero-order chi connectivity index (χ0) is 18.2. The van der Waals surface area contributed by atoms with Gasteiger partial charge in [0.1, 0.15) is 0 Å². The highest BCUT2D eigenvalue weighted by Gasteiger charge is 2.26. The quantitative estimate of drug-likeness (QED) is 0.750. The summed E-state index contributed by atoms with van der Waals surface area (Å²) in [5, 5.41) is 2.81. The predicted octanol–water partition coefficient (Wildman–Crippen LogP) is 2.17. The first-order valence-electron chi connectivity index (χ1n) is 8.72. The van der Waals surface area contributed by atoms with Crippen LogP contribution in [0.5, 0.6) is 0 Å². The maximum atomic E-state index is 13.7. The molecule has 1 aliphatic heterocycles. The molecule has 1 atom stereocenters. The van der Waals surface area contributed by atoms with Crippen LogP contribution in [-0.2, 0) is 16.0 Å². The zero-order valence-electron chi connectivity index (χ0n) is 14.7. The minimum Gasteiger partial charge on any atom is -0.354 e. The van der Waals surface area contributed by atoms with E-state index in [-0.39, 0.29) is 55.1 Å². The Morgan fingerprint density at radius 2 is 2.00 bits per heavy atom. The van der Waals surface area contributed by atoms with Crippen molar-refractivity contribution in [3.63, 3.8) is 0 Å². The van der Waals surface area contributed by atoms with Gasteiger partial charge in [0.05, 0.1) is 0 Å². The Bertz CT molecular complexity index is 616. The van der Waals surface area contributed by atoms with Gasteiger partial charge in [-0.25, -0.2) is 8.78 Å². The van der Waals surface area contributed by atoms with Crippen LogP contribution in [0.25, 0.3) is 0 Å². The molecule has 0 aliphatic carbocycles. The van der Waals surface area contributed by atoms with E-state index in [4.69, 9.17) is 5.73 Å². The van der Waals surface area contributed by atoms with Crippen molar-refractivity contribution < 1.29 is 18.4 Å². The largest absolute Gasteiger partial charge is 0.354 e. The lowest BCUT2D eigenvalue weighted by molar-refractivity contribution is -0.135. The molecule has 8 heteroatoms. The van der Waals surface area contributed by atoms with Gasteiger partial charge in [0.2, 0.25) is 11.8 Å². The topological polar surface area (TPSA) is 75.4 Å². The summed E-state index contributed by atoms with van der Waals surface area (Å²) in [6.07, 6.45) is 3.27. The van der Waals surface area contributed by atoms with Crippen molar-refractivity contribution in [3.05, 3.63) is 35.4 Å². The van der Waals surface area contributed by atoms with E-state index < -0.39 is 11.6 Å². The zero-order valence-corrected chi connectivity index (χ0v) is 15.5. The number of hydrogen-bond acceptors (Lipinski definition) is 3. The Hall–Kier alpha value is -1.73. The van der Waals surface area contributed by atoms with Crippen molar-refractivity contribution in [2.24, 2.45) is 5.73 Å². The summed E-state index contributed by atoms with van der Waals surface area (Å²) in [7, 11) is 0. The molecule has 3 N–H and O–H groups in total. The van der Waals surface area contributed by atoms with Crippen molar-refractivity contribution in [1.82, 2.24) is 10.2 Å². The molecule has 0 aromatic heterocycles. The molecule has 1 saturated heterocycles. The van der Waals surface area contributed by atoms with Crippen LogP contribution < -0.4 is 11.1 Å². The van der Waals surface area contributed by atoms with Gasteiger partial charge >= 0.3 is 0 Å². The lowest BCUT2D eigenvalue weighted by atomic mass is 10.0. The molecule has 146 valence electrons. The summed E-state index contributed by atoms with van der Waals surface area (Å²) in [5.74, 6) is -2.01. The number of nitrogens with two attached hydrogens (primary N) is 1. The fourth-order valence-corrected chi connectivity index (χ4v) is 3.12. The lowest BCUT2D eigenvalue weighted by Crippen LogP contribution is -2.49. The fourth-order valence-electron chi connectivity index (χ4n) is 3.12. The molecule has 26 heavy (non-hydrogen) atoms. The first kappa shape index (κ1) is 22.3. The monoisotopic (exact) mass is 389 g/mol. The summed E-state index contributed by atoms with van der Waals surface area (Å²) < 4.78 is 26.9. The molecule has 1 fully saturated rings. The summed E-state index contributed by atoms with van der Waals surface area (Å²) in [6, 6.07) is 3.94. The number of likely N-dealkylation sites (tertiary alicyclic amines) is 1. The standard InChI is InChI=1S/C18H25F2N3O2.ClH/c19-15-6-3-4-13(18(15)20)7-8-17(25)23-11-2-1-5-14(23)12-22-16(24)9-10-21;/h3-4,6,14H,1-2,5,7-12,21H2,(H,22,24);1H. The minimum absolute atomic E-state index is 0. The number of aryl methyl sites for hydroxylation is 1. The smallest absolute Gasteiger partial charge is 0.223 e. The van der Waals surface area contributed by atoms with Gasteiger partial charge in [-0.1, -0.05) is 12.1 Å². The predicted molar refractivity (Wildman–Crippen MR) is 98.0 cm³/mol. The fraction of sp³-hybridized carbons (Fsp3) is 0.556. The number of rotatable bonds is 7. The second kappa shape index (κ2) is 11.1. The van der Waals surface area contributed by atoms with Crippen molar-refractivity contribution in [3.8, 4) is 0 Å². The third kappa shape index (κ3) is 6.21. The Labute approximate surface area is 158 Å². The molecule has 1 heterocycles. The molecule has 0 saturated carbocycles. The Morgan fingerprint density at radius 1 is 1.23 bits per heavy atom. The number of amides is 2. The van der Waals surface area contributed by atoms with Gasteiger partial charge in [-0.2, -0.15) is 0 Å². The number of halogens is 3. The lowest BCUT2D eigenvalue weighted by Gasteiger charge is -2.36. The second-order valence-electron chi connectivity index (χ2n) is 6.29. The molecule has 2 amide bonds. The molecule has 0 radical (unpaired) electrons. The van der Waals surface area contributed by atoms with E-state index >= 15 is 0 Å². The summed E-state index contributed by atoms with van der Waals surface area (Å²) in [4.78, 5) is 25.8. The van der Waals surface area contributed by atoms with E-state index in [0.29, 0.717) is 19.6 Å². The van der Waals surface area contributed by atoms with Crippen LogP contribution >= 0.6 is 12.4 Å². The van der Waals surface area contributed by atoms with Gasteiger partial charge in [-0.15, -0.1) is 12.4 Å². The number of nitrogens with one attached hydrogen (secondary N) is 1. The van der Waals surface area contributed by atoms with Crippen LogP contribution in [-0.4, -0.2) is 42.4 Å². The number of carbonyl (C=O) groups is 2. The minimum atomic E-state index is -0.900. The normalized spacial score (nSPS) is 16.7. The second-order valence-corrected chi connectivity index (χ2v) is 6.29. The highest BCUT2D eigenvalue weighted by atomic mass is 35.5. The van der Waals surface area contributed by atoms with Crippen LogP contribution in [0.4, 0.5) is 8.78 Å².